The molecular weight excluding hydrogens is 180 g/mol. The highest BCUT2D eigenvalue weighted by molar-refractivity contribution is 5.74. The normalized spacial score (nSPS) is 20.9. The Morgan fingerprint density at radius 2 is 2.43 bits per heavy atom. The summed E-state index contributed by atoms with van der Waals surface area (Å²) in [6.07, 6.45) is 7.75. The van der Waals surface area contributed by atoms with Crippen molar-refractivity contribution in [2.24, 2.45) is 0 Å². The van der Waals surface area contributed by atoms with Gasteiger partial charge in [0.05, 0.1) is 6.67 Å². The van der Waals surface area contributed by atoms with E-state index in [0.717, 1.165) is 24.3 Å². The van der Waals surface area contributed by atoms with Crippen LogP contribution in [0.1, 0.15) is 32.6 Å². The molecule has 0 aromatic carbocycles. The van der Waals surface area contributed by atoms with E-state index < -0.39 is 0 Å². The molecule has 0 bridgehead atoms. The molecule has 0 aromatic heterocycles. The smallest absolute Gasteiger partial charge is 0.246 e. The van der Waals surface area contributed by atoms with E-state index in [0.29, 0.717) is 12.5 Å². The zero-order chi connectivity index (χ0) is 10.4. The van der Waals surface area contributed by atoms with Crippen molar-refractivity contribution in [1.82, 2.24) is 10.4 Å². The molecule has 1 aliphatic rings. The Bertz CT molecular complexity index is 216. The largest absolute Gasteiger partial charge is 0.295 e. The molecular formula is C10H18N2O2. The van der Waals surface area contributed by atoms with Gasteiger partial charge in [-0.15, -0.1) is 0 Å². The molecule has 0 aliphatic heterocycles. The van der Waals surface area contributed by atoms with Crippen LogP contribution in [-0.4, -0.2) is 28.9 Å². The Balaban J connectivity index is 2.19. The maximum absolute atomic E-state index is 11.0. The van der Waals surface area contributed by atoms with Crippen molar-refractivity contribution < 1.29 is 10.0 Å². The molecule has 1 unspecified atom stereocenters. The van der Waals surface area contributed by atoms with Crippen molar-refractivity contribution >= 4 is 5.91 Å². The van der Waals surface area contributed by atoms with Crippen molar-refractivity contribution in [3.63, 3.8) is 0 Å². The fourth-order valence-electron chi connectivity index (χ4n) is 1.47. The van der Waals surface area contributed by atoms with Crippen LogP contribution in [0.5, 0.6) is 0 Å². The lowest BCUT2D eigenvalue weighted by atomic mass is 10.0. The molecule has 1 atom stereocenters. The maximum atomic E-state index is 11.0. The summed E-state index contributed by atoms with van der Waals surface area (Å²) in [7, 11) is 0. The Morgan fingerprint density at radius 1 is 1.64 bits per heavy atom. The molecule has 1 aliphatic carbocycles. The molecule has 0 aromatic rings. The van der Waals surface area contributed by atoms with E-state index in [1.54, 1.807) is 6.92 Å². The predicted octanol–water partition coefficient (Wildman–Crippen LogP) is 1.27. The molecule has 4 nitrogen and oxygen atoms in total. The number of carbonyl (C=O) groups excluding carboxylic acids is 1. The van der Waals surface area contributed by atoms with Gasteiger partial charge in [-0.25, -0.2) is 5.06 Å². The van der Waals surface area contributed by atoms with Gasteiger partial charge in [0.25, 0.3) is 0 Å². The van der Waals surface area contributed by atoms with Crippen molar-refractivity contribution in [3.05, 3.63) is 12.2 Å². The molecule has 2 N–H and O–H groups in total. The number of nitrogens with one attached hydrogen (secondary N) is 1. The van der Waals surface area contributed by atoms with Gasteiger partial charge in [0, 0.05) is 12.5 Å². The first-order valence-corrected chi connectivity index (χ1v) is 5.11. The summed E-state index contributed by atoms with van der Waals surface area (Å²) in [5.41, 5.74) is 0. The monoisotopic (exact) mass is 198 g/mol. The third kappa shape index (κ3) is 3.47. The van der Waals surface area contributed by atoms with E-state index >= 15 is 0 Å². The summed E-state index contributed by atoms with van der Waals surface area (Å²) in [5, 5.41) is 13.1. The second-order valence-corrected chi connectivity index (χ2v) is 3.49. The minimum Gasteiger partial charge on any atom is -0.295 e. The quantitative estimate of drug-likeness (QED) is 0.309. The number of rotatable bonds is 4. The van der Waals surface area contributed by atoms with Crippen LogP contribution in [0.2, 0.25) is 0 Å². The molecule has 1 amide bonds. The minimum atomic E-state index is -0.246. The topological polar surface area (TPSA) is 52.6 Å². The van der Waals surface area contributed by atoms with E-state index in [1.807, 2.05) is 0 Å². The molecule has 14 heavy (non-hydrogen) atoms. The first-order valence-electron chi connectivity index (χ1n) is 5.11. The fourth-order valence-corrected chi connectivity index (χ4v) is 1.47. The number of hydrogen-bond acceptors (Lipinski definition) is 3. The van der Waals surface area contributed by atoms with Crippen LogP contribution in [0.3, 0.4) is 0 Å². The van der Waals surface area contributed by atoms with Crippen LogP contribution in [0.25, 0.3) is 0 Å². The summed E-state index contributed by atoms with van der Waals surface area (Å²) < 4.78 is 0. The predicted molar refractivity (Wildman–Crippen MR) is 53.7 cm³/mol. The van der Waals surface area contributed by atoms with Crippen LogP contribution in [0, 0.1) is 0 Å². The van der Waals surface area contributed by atoms with Crippen molar-refractivity contribution in [2.45, 2.75) is 38.6 Å². The van der Waals surface area contributed by atoms with E-state index in [4.69, 9.17) is 0 Å². The van der Waals surface area contributed by atoms with E-state index in [9.17, 15) is 10.0 Å². The lowest BCUT2D eigenvalue weighted by Crippen LogP contribution is -2.41. The molecule has 0 fully saturated rings. The summed E-state index contributed by atoms with van der Waals surface area (Å²) in [5.74, 6) is -0.246. The van der Waals surface area contributed by atoms with Gasteiger partial charge in [0.1, 0.15) is 0 Å². The molecule has 80 valence electrons. The van der Waals surface area contributed by atoms with Crippen molar-refractivity contribution in [1.29, 1.82) is 0 Å². The second kappa shape index (κ2) is 5.78. The number of carbonyl (C=O) groups is 1. The van der Waals surface area contributed by atoms with Crippen molar-refractivity contribution in [2.75, 3.05) is 6.67 Å². The molecule has 4 heteroatoms. The second-order valence-electron chi connectivity index (χ2n) is 3.49. The number of allylic oxidation sites excluding steroid dienone is 1. The number of hydroxylamine groups is 2. The standard InChI is InChI=1S/C10H18N2O2/c1-2-10(13)12(14)8-11-9-6-4-3-5-7-9/h3-4,9,11,14H,2,5-8H2,1H3. The summed E-state index contributed by atoms with van der Waals surface area (Å²) in [4.78, 5) is 11.0. The van der Waals surface area contributed by atoms with Gasteiger partial charge in [-0.1, -0.05) is 19.1 Å². The highest BCUT2D eigenvalue weighted by Gasteiger charge is 2.12. The average molecular weight is 198 g/mol. The van der Waals surface area contributed by atoms with Crippen LogP contribution in [0.15, 0.2) is 12.2 Å². The summed E-state index contributed by atoms with van der Waals surface area (Å²) >= 11 is 0. The summed E-state index contributed by atoms with van der Waals surface area (Å²) in [6.45, 7) is 1.96. The first-order chi connectivity index (χ1) is 6.74. The first kappa shape index (κ1) is 11.2. The van der Waals surface area contributed by atoms with E-state index in [1.165, 1.54) is 0 Å². The maximum Gasteiger partial charge on any atom is 0.246 e. The molecule has 0 heterocycles. The fraction of sp³-hybridized carbons (Fsp3) is 0.700. The minimum absolute atomic E-state index is 0.227. The Hall–Kier alpha value is -0.870. The Labute approximate surface area is 84.5 Å². The zero-order valence-electron chi connectivity index (χ0n) is 8.57. The van der Waals surface area contributed by atoms with E-state index in [2.05, 4.69) is 17.5 Å². The number of nitrogens with zero attached hydrogens (tertiary/aromatic N) is 1. The van der Waals surface area contributed by atoms with Gasteiger partial charge in [0.15, 0.2) is 0 Å². The van der Waals surface area contributed by atoms with Gasteiger partial charge in [-0.2, -0.15) is 0 Å². The van der Waals surface area contributed by atoms with Gasteiger partial charge in [-0.3, -0.25) is 15.3 Å². The lowest BCUT2D eigenvalue weighted by molar-refractivity contribution is -0.166. The van der Waals surface area contributed by atoms with Crippen LogP contribution >= 0.6 is 0 Å². The van der Waals surface area contributed by atoms with Gasteiger partial charge in [-0.05, 0) is 19.3 Å². The average Bonchev–Trinajstić information content (AvgIpc) is 2.26. The molecule has 1 rings (SSSR count). The van der Waals surface area contributed by atoms with Crippen molar-refractivity contribution in [3.8, 4) is 0 Å². The SMILES string of the molecule is CCC(=O)N(O)CNC1CC=CCC1. The lowest BCUT2D eigenvalue weighted by Gasteiger charge is -2.22. The molecule has 0 spiro atoms. The Kier molecular flexibility index (Phi) is 4.62. The van der Waals surface area contributed by atoms with Gasteiger partial charge >= 0.3 is 0 Å². The van der Waals surface area contributed by atoms with Crippen LogP contribution < -0.4 is 5.32 Å². The van der Waals surface area contributed by atoms with Crippen LogP contribution in [-0.2, 0) is 4.79 Å². The zero-order valence-corrected chi connectivity index (χ0v) is 8.57. The third-order valence-corrected chi connectivity index (χ3v) is 2.39. The third-order valence-electron chi connectivity index (χ3n) is 2.39. The van der Waals surface area contributed by atoms with Gasteiger partial charge < -0.3 is 0 Å². The number of hydrogen-bond donors (Lipinski definition) is 2. The van der Waals surface area contributed by atoms with Gasteiger partial charge in [0.2, 0.25) is 5.91 Å². The van der Waals surface area contributed by atoms with Crippen LogP contribution in [0.4, 0.5) is 0 Å². The molecule has 0 saturated carbocycles. The highest BCUT2D eigenvalue weighted by atomic mass is 16.5. The highest BCUT2D eigenvalue weighted by Crippen LogP contribution is 2.10. The Morgan fingerprint density at radius 3 is 3.00 bits per heavy atom. The molecule has 0 saturated heterocycles. The van der Waals surface area contributed by atoms with E-state index in [-0.39, 0.29) is 12.6 Å². The number of amides is 1. The summed E-state index contributed by atoms with van der Waals surface area (Å²) in [6, 6.07) is 0.388. The molecule has 0 radical (unpaired) electrons.